The van der Waals surface area contributed by atoms with Crippen LogP contribution in [0.5, 0.6) is 0 Å². The van der Waals surface area contributed by atoms with Gasteiger partial charge in [0.05, 0.1) is 5.69 Å². The van der Waals surface area contributed by atoms with E-state index < -0.39 is 11.6 Å². The van der Waals surface area contributed by atoms with E-state index in [1.54, 1.807) is 13.0 Å². The fourth-order valence-electron chi connectivity index (χ4n) is 2.49. The molecule has 1 N–H and O–H groups in total. The minimum absolute atomic E-state index is 0.152. The number of halogens is 2. The molecule has 114 valence electrons. The third kappa shape index (κ3) is 2.77. The van der Waals surface area contributed by atoms with E-state index in [1.165, 1.54) is 17.0 Å². The van der Waals surface area contributed by atoms with Crippen LogP contribution in [-0.4, -0.2) is 23.4 Å². The fraction of sp³-hybridized carbons (Fsp3) is 0.467. The van der Waals surface area contributed by atoms with E-state index in [4.69, 9.17) is 0 Å². The number of amides is 2. The Hall–Kier alpha value is -1.18. The van der Waals surface area contributed by atoms with Crippen LogP contribution in [0.3, 0.4) is 0 Å². The van der Waals surface area contributed by atoms with Gasteiger partial charge in [-0.05, 0) is 60.6 Å². The maximum absolute atomic E-state index is 13.3. The number of benzene rings is 1. The highest BCUT2D eigenvalue weighted by Crippen LogP contribution is 2.32. The molecule has 0 aromatic heterocycles. The van der Waals surface area contributed by atoms with E-state index >= 15 is 0 Å². The maximum Gasteiger partial charge on any atom is 0.253 e. The van der Waals surface area contributed by atoms with E-state index in [2.05, 4.69) is 5.32 Å². The zero-order valence-electron chi connectivity index (χ0n) is 12.2. The van der Waals surface area contributed by atoms with Gasteiger partial charge in [0.2, 0.25) is 5.91 Å². The molecular formula is C15H18FIN2O2. The van der Waals surface area contributed by atoms with Crippen LogP contribution in [0, 0.1) is 9.39 Å². The predicted octanol–water partition coefficient (Wildman–Crippen LogP) is 2.84. The average Bonchev–Trinajstić information content (AvgIpc) is 2.43. The molecular weight excluding hydrogens is 386 g/mol. The van der Waals surface area contributed by atoms with Crippen molar-refractivity contribution in [2.24, 2.45) is 0 Å². The predicted molar refractivity (Wildman–Crippen MR) is 87.5 cm³/mol. The summed E-state index contributed by atoms with van der Waals surface area (Å²) >= 11 is 1.99. The van der Waals surface area contributed by atoms with Crippen molar-refractivity contribution in [1.29, 1.82) is 0 Å². The Morgan fingerprint density at radius 3 is 2.57 bits per heavy atom. The molecule has 1 aromatic carbocycles. The topological polar surface area (TPSA) is 49.4 Å². The summed E-state index contributed by atoms with van der Waals surface area (Å²) in [6, 6.07) is 3.68. The van der Waals surface area contributed by atoms with E-state index in [-0.39, 0.29) is 17.6 Å². The first kappa shape index (κ1) is 16.2. The molecule has 2 amide bonds. The first-order chi connectivity index (χ1) is 9.84. The molecule has 2 atom stereocenters. The lowest BCUT2D eigenvalue weighted by Crippen LogP contribution is -2.69. The fourth-order valence-corrected chi connectivity index (χ4v) is 3.23. The highest BCUT2D eigenvalue weighted by molar-refractivity contribution is 14.1. The van der Waals surface area contributed by atoms with Gasteiger partial charge >= 0.3 is 0 Å². The molecule has 0 saturated carbocycles. The van der Waals surface area contributed by atoms with Gasteiger partial charge in [0, 0.05) is 3.57 Å². The van der Waals surface area contributed by atoms with Gasteiger partial charge in [-0.3, -0.25) is 14.5 Å². The number of hydrogen-bond donors (Lipinski definition) is 1. The Kier molecular flexibility index (Phi) is 4.55. The number of carbonyl (C=O) groups excluding carboxylic acids is 2. The molecule has 2 unspecified atom stereocenters. The van der Waals surface area contributed by atoms with E-state index in [0.717, 1.165) is 0 Å². The highest BCUT2D eigenvalue weighted by atomic mass is 127. The number of carbonyl (C=O) groups is 2. The van der Waals surface area contributed by atoms with Crippen LogP contribution in [0.25, 0.3) is 0 Å². The largest absolute Gasteiger partial charge is 0.340 e. The molecule has 1 aliphatic rings. The van der Waals surface area contributed by atoms with Gasteiger partial charge in [-0.2, -0.15) is 0 Å². The van der Waals surface area contributed by atoms with Crippen molar-refractivity contribution in [3.63, 3.8) is 0 Å². The van der Waals surface area contributed by atoms with Gasteiger partial charge in [-0.1, -0.05) is 13.8 Å². The summed E-state index contributed by atoms with van der Waals surface area (Å²) < 4.78 is 13.9. The zero-order valence-corrected chi connectivity index (χ0v) is 14.4. The smallest absolute Gasteiger partial charge is 0.253 e. The van der Waals surface area contributed by atoms with Crippen molar-refractivity contribution in [3.05, 3.63) is 27.6 Å². The third-order valence-electron chi connectivity index (χ3n) is 3.97. The van der Waals surface area contributed by atoms with E-state index in [1.807, 2.05) is 36.4 Å². The summed E-state index contributed by atoms with van der Waals surface area (Å²) in [7, 11) is 0. The van der Waals surface area contributed by atoms with Crippen molar-refractivity contribution in [2.75, 3.05) is 4.90 Å². The third-order valence-corrected chi connectivity index (χ3v) is 4.83. The van der Waals surface area contributed by atoms with Gasteiger partial charge in [-0.25, -0.2) is 4.39 Å². The summed E-state index contributed by atoms with van der Waals surface area (Å²) in [6.45, 7) is 5.44. The lowest BCUT2D eigenvalue weighted by Gasteiger charge is -2.44. The molecule has 1 heterocycles. The molecule has 1 aliphatic heterocycles. The molecule has 1 aromatic rings. The van der Waals surface area contributed by atoms with Gasteiger partial charge in [-0.15, -0.1) is 0 Å². The number of hydrogen-bond acceptors (Lipinski definition) is 2. The summed E-state index contributed by atoms with van der Waals surface area (Å²) in [4.78, 5) is 26.7. The Morgan fingerprint density at radius 1 is 1.38 bits per heavy atom. The number of piperazine rings is 1. The Morgan fingerprint density at radius 2 is 2.05 bits per heavy atom. The van der Waals surface area contributed by atoms with Crippen molar-refractivity contribution < 1.29 is 14.0 Å². The number of nitrogens with one attached hydrogen (secondary N) is 1. The van der Waals surface area contributed by atoms with Crippen LogP contribution >= 0.6 is 22.6 Å². The van der Waals surface area contributed by atoms with Crippen molar-refractivity contribution in [1.82, 2.24) is 5.32 Å². The number of anilines is 1. The second-order valence-electron chi connectivity index (χ2n) is 5.37. The SMILES string of the molecule is CCC1C(=O)NC(C)(CC)C(=O)N1c1ccc(F)cc1I. The molecule has 2 rings (SSSR count). The summed E-state index contributed by atoms with van der Waals surface area (Å²) in [6.07, 6.45) is 1.01. The first-order valence-corrected chi connectivity index (χ1v) is 8.02. The lowest BCUT2D eigenvalue weighted by molar-refractivity contribution is -0.138. The quantitative estimate of drug-likeness (QED) is 0.788. The van der Waals surface area contributed by atoms with Crippen LogP contribution in [-0.2, 0) is 9.59 Å². The average molecular weight is 404 g/mol. The Bertz CT molecular complexity index is 593. The van der Waals surface area contributed by atoms with Crippen LogP contribution in [0.4, 0.5) is 10.1 Å². The molecule has 4 nitrogen and oxygen atoms in total. The van der Waals surface area contributed by atoms with E-state index in [9.17, 15) is 14.0 Å². The van der Waals surface area contributed by atoms with Crippen LogP contribution < -0.4 is 10.2 Å². The van der Waals surface area contributed by atoms with Crippen LogP contribution in [0.2, 0.25) is 0 Å². The van der Waals surface area contributed by atoms with Crippen molar-refractivity contribution >= 4 is 40.1 Å². The molecule has 1 fully saturated rings. The van der Waals surface area contributed by atoms with Crippen LogP contribution in [0.1, 0.15) is 33.6 Å². The highest BCUT2D eigenvalue weighted by Gasteiger charge is 2.47. The summed E-state index contributed by atoms with van der Waals surface area (Å²) in [5.74, 6) is -0.675. The second-order valence-corrected chi connectivity index (χ2v) is 6.53. The maximum atomic E-state index is 13.3. The molecule has 0 aliphatic carbocycles. The molecule has 21 heavy (non-hydrogen) atoms. The molecule has 0 radical (unpaired) electrons. The van der Waals surface area contributed by atoms with Crippen molar-refractivity contribution in [2.45, 2.75) is 45.2 Å². The second kappa shape index (κ2) is 5.90. The van der Waals surface area contributed by atoms with E-state index in [0.29, 0.717) is 22.1 Å². The summed E-state index contributed by atoms with van der Waals surface area (Å²) in [5, 5.41) is 2.82. The molecule has 1 saturated heterocycles. The lowest BCUT2D eigenvalue weighted by atomic mass is 9.90. The Balaban J connectivity index is 2.54. The Labute approximate surface area is 137 Å². The van der Waals surface area contributed by atoms with Gasteiger partial charge in [0.15, 0.2) is 0 Å². The number of rotatable bonds is 3. The van der Waals surface area contributed by atoms with Gasteiger partial charge < -0.3 is 5.32 Å². The number of nitrogens with zero attached hydrogens (tertiary/aromatic N) is 1. The van der Waals surface area contributed by atoms with Gasteiger partial charge in [0.25, 0.3) is 5.91 Å². The monoisotopic (exact) mass is 404 g/mol. The van der Waals surface area contributed by atoms with Crippen molar-refractivity contribution in [3.8, 4) is 0 Å². The van der Waals surface area contributed by atoms with Crippen LogP contribution in [0.15, 0.2) is 18.2 Å². The molecule has 0 spiro atoms. The molecule has 6 heteroatoms. The summed E-state index contributed by atoms with van der Waals surface area (Å²) in [5.41, 5.74) is -0.330. The normalized spacial score (nSPS) is 26.0. The first-order valence-electron chi connectivity index (χ1n) is 6.94. The standard InChI is InChI=1S/C15H18FIN2O2/c1-4-11-13(20)18-15(3,5-2)14(21)19(11)12-7-6-9(16)8-10(12)17/h6-8,11H,4-5H2,1-3H3,(H,18,20). The molecule has 0 bridgehead atoms. The zero-order chi connectivity index (χ0) is 15.8. The van der Waals surface area contributed by atoms with Gasteiger partial charge in [0.1, 0.15) is 17.4 Å². The minimum Gasteiger partial charge on any atom is -0.340 e. The minimum atomic E-state index is -0.916.